The summed E-state index contributed by atoms with van der Waals surface area (Å²) in [7, 11) is 0. The van der Waals surface area contributed by atoms with E-state index < -0.39 is 9.85 Å². The lowest BCUT2D eigenvalue weighted by Gasteiger charge is -2.22. The smallest absolute Gasteiger partial charge is 0.269 e. The second kappa shape index (κ2) is 7.96. The molecule has 2 aromatic rings. The lowest BCUT2D eigenvalue weighted by molar-refractivity contribution is -0.385. The molecule has 0 saturated heterocycles. The number of allylic oxidation sites excluding steroid dienone is 2. The van der Waals surface area contributed by atoms with E-state index in [-0.39, 0.29) is 23.1 Å². The van der Waals surface area contributed by atoms with Crippen molar-refractivity contribution in [1.82, 2.24) is 0 Å². The van der Waals surface area contributed by atoms with Gasteiger partial charge in [0.1, 0.15) is 0 Å². The largest absolute Gasteiger partial charge is 0.289 e. The number of nitrogens with zero attached hydrogens (tertiary/aromatic N) is 2. The number of hydrogen-bond acceptors (Lipinski definition) is 5. The first-order chi connectivity index (χ1) is 13.3. The first kappa shape index (κ1) is 19.2. The number of hydrogen-bond donors (Lipinski definition) is 0. The molecule has 1 aliphatic rings. The maximum Gasteiger partial charge on any atom is 0.269 e. The van der Waals surface area contributed by atoms with Gasteiger partial charge in [0, 0.05) is 35.4 Å². The summed E-state index contributed by atoms with van der Waals surface area (Å²) < 4.78 is 0. The quantitative estimate of drug-likeness (QED) is 0.424. The van der Waals surface area contributed by atoms with E-state index in [1.807, 2.05) is 0 Å². The Hall–Kier alpha value is -3.61. The average molecular weight is 378 g/mol. The SMILES string of the molecule is CC1CC(=Cc2ccc([N+](=O)[O-])cc2)C(=O)/C(=C/c2ccc([N+](=O)[O-])cc2)C1. The van der Waals surface area contributed by atoms with Gasteiger partial charge in [-0.25, -0.2) is 0 Å². The molecule has 28 heavy (non-hydrogen) atoms. The third-order valence-electron chi connectivity index (χ3n) is 4.61. The predicted octanol–water partition coefficient (Wildman–Crippen LogP) is 4.97. The molecule has 7 heteroatoms. The van der Waals surface area contributed by atoms with Crippen LogP contribution in [-0.4, -0.2) is 15.6 Å². The van der Waals surface area contributed by atoms with Crippen LogP contribution >= 0.6 is 0 Å². The molecule has 1 atom stereocenters. The molecule has 0 aromatic heterocycles. The molecule has 2 aromatic carbocycles. The number of ketones is 1. The topological polar surface area (TPSA) is 103 Å². The van der Waals surface area contributed by atoms with Crippen molar-refractivity contribution in [2.45, 2.75) is 19.8 Å². The van der Waals surface area contributed by atoms with E-state index in [0.717, 1.165) is 11.1 Å². The number of carbonyl (C=O) groups excluding carboxylic acids is 1. The van der Waals surface area contributed by atoms with Gasteiger partial charge in [-0.05, 0) is 66.3 Å². The number of carbonyl (C=O) groups is 1. The fraction of sp³-hybridized carbons (Fsp3) is 0.190. The van der Waals surface area contributed by atoms with Crippen LogP contribution in [0.2, 0.25) is 0 Å². The van der Waals surface area contributed by atoms with Crippen LogP contribution in [0, 0.1) is 26.1 Å². The summed E-state index contributed by atoms with van der Waals surface area (Å²) in [6, 6.07) is 12.1. The van der Waals surface area contributed by atoms with Gasteiger partial charge >= 0.3 is 0 Å². The summed E-state index contributed by atoms with van der Waals surface area (Å²) in [6.45, 7) is 2.06. The molecule has 3 rings (SSSR count). The van der Waals surface area contributed by atoms with Crippen LogP contribution in [0.5, 0.6) is 0 Å². The lowest BCUT2D eigenvalue weighted by atomic mass is 9.81. The first-order valence-corrected chi connectivity index (χ1v) is 8.78. The van der Waals surface area contributed by atoms with Crippen LogP contribution in [0.3, 0.4) is 0 Å². The van der Waals surface area contributed by atoms with Crippen molar-refractivity contribution in [2.24, 2.45) is 5.92 Å². The Bertz CT molecular complexity index is 909. The van der Waals surface area contributed by atoms with Crippen LogP contribution in [0.4, 0.5) is 11.4 Å². The molecule has 7 nitrogen and oxygen atoms in total. The molecule has 1 fully saturated rings. The van der Waals surface area contributed by atoms with E-state index in [1.165, 1.54) is 24.3 Å². The molecule has 0 aliphatic heterocycles. The van der Waals surface area contributed by atoms with Crippen molar-refractivity contribution in [3.8, 4) is 0 Å². The van der Waals surface area contributed by atoms with Crippen LogP contribution in [0.1, 0.15) is 30.9 Å². The molecular formula is C21H18N2O5. The van der Waals surface area contributed by atoms with Crippen molar-refractivity contribution >= 4 is 29.3 Å². The van der Waals surface area contributed by atoms with Gasteiger partial charge in [-0.15, -0.1) is 0 Å². The molecule has 0 bridgehead atoms. The zero-order valence-corrected chi connectivity index (χ0v) is 15.2. The van der Waals surface area contributed by atoms with E-state index in [9.17, 15) is 25.0 Å². The number of benzene rings is 2. The Morgan fingerprint density at radius 1 is 0.786 bits per heavy atom. The molecule has 0 N–H and O–H groups in total. The van der Waals surface area contributed by atoms with Gasteiger partial charge in [-0.3, -0.25) is 25.0 Å². The van der Waals surface area contributed by atoms with E-state index in [2.05, 4.69) is 6.92 Å². The maximum absolute atomic E-state index is 12.9. The van der Waals surface area contributed by atoms with Crippen molar-refractivity contribution in [2.75, 3.05) is 0 Å². The second-order valence-electron chi connectivity index (χ2n) is 6.88. The highest BCUT2D eigenvalue weighted by molar-refractivity contribution is 6.14. The zero-order valence-electron chi connectivity index (χ0n) is 15.2. The fourth-order valence-electron chi connectivity index (χ4n) is 3.25. The van der Waals surface area contributed by atoms with Crippen molar-refractivity contribution in [1.29, 1.82) is 0 Å². The summed E-state index contributed by atoms with van der Waals surface area (Å²) in [6.07, 6.45) is 4.80. The van der Waals surface area contributed by atoms with E-state index in [0.29, 0.717) is 24.0 Å². The molecule has 0 radical (unpaired) electrons. The Morgan fingerprint density at radius 2 is 1.14 bits per heavy atom. The molecule has 0 amide bonds. The van der Waals surface area contributed by atoms with Gasteiger partial charge in [-0.1, -0.05) is 6.92 Å². The number of rotatable bonds is 4. The number of nitro benzene ring substituents is 2. The Morgan fingerprint density at radius 3 is 1.46 bits per heavy atom. The Kier molecular flexibility index (Phi) is 5.44. The van der Waals surface area contributed by atoms with Gasteiger partial charge in [-0.2, -0.15) is 0 Å². The Balaban J connectivity index is 1.87. The fourth-order valence-corrected chi connectivity index (χ4v) is 3.25. The highest BCUT2D eigenvalue weighted by Crippen LogP contribution is 2.32. The van der Waals surface area contributed by atoms with Crippen molar-refractivity contribution in [3.63, 3.8) is 0 Å². The average Bonchev–Trinajstić information content (AvgIpc) is 2.66. The summed E-state index contributed by atoms with van der Waals surface area (Å²) in [5.41, 5.74) is 2.78. The molecule has 0 heterocycles. The first-order valence-electron chi connectivity index (χ1n) is 8.78. The normalized spacial score (nSPS) is 19.8. The highest BCUT2D eigenvalue weighted by Gasteiger charge is 2.25. The summed E-state index contributed by atoms with van der Waals surface area (Å²) >= 11 is 0. The number of nitro groups is 2. The summed E-state index contributed by atoms with van der Waals surface area (Å²) in [4.78, 5) is 33.5. The van der Waals surface area contributed by atoms with Gasteiger partial charge in [0.05, 0.1) is 9.85 Å². The predicted molar refractivity (Wildman–Crippen MR) is 106 cm³/mol. The monoisotopic (exact) mass is 378 g/mol. The van der Waals surface area contributed by atoms with Crippen molar-refractivity contribution in [3.05, 3.63) is 91.0 Å². The molecule has 0 spiro atoms. The Labute approximate surface area is 161 Å². The maximum atomic E-state index is 12.9. The molecule has 1 unspecified atom stereocenters. The van der Waals surface area contributed by atoms with Gasteiger partial charge in [0.15, 0.2) is 5.78 Å². The lowest BCUT2D eigenvalue weighted by Crippen LogP contribution is -2.18. The minimum absolute atomic E-state index is 0.00393. The molecule has 142 valence electrons. The van der Waals surface area contributed by atoms with Crippen LogP contribution in [-0.2, 0) is 4.79 Å². The summed E-state index contributed by atoms with van der Waals surface area (Å²) in [5, 5.41) is 21.5. The summed E-state index contributed by atoms with van der Waals surface area (Å²) in [5.74, 6) is 0.209. The van der Waals surface area contributed by atoms with Crippen molar-refractivity contribution < 1.29 is 14.6 Å². The van der Waals surface area contributed by atoms with Gasteiger partial charge in [0.2, 0.25) is 0 Å². The van der Waals surface area contributed by atoms with E-state index in [4.69, 9.17) is 0 Å². The third-order valence-corrected chi connectivity index (χ3v) is 4.61. The number of non-ortho nitro benzene ring substituents is 2. The molecular weight excluding hydrogens is 360 g/mol. The van der Waals surface area contributed by atoms with Crippen LogP contribution in [0.15, 0.2) is 59.7 Å². The minimum atomic E-state index is -0.462. The number of Topliss-reactive ketones (excluding diaryl/α,β-unsaturated/α-hetero) is 1. The van der Waals surface area contributed by atoms with Crippen LogP contribution < -0.4 is 0 Å². The molecule has 1 saturated carbocycles. The van der Waals surface area contributed by atoms with Crippen LogP contribution in [0.25, 0.3) is 12.2 Å². The molecule has 1 aliphatic carbocycles. The minimum Gasteiger partial charge on any atom is -0.289 e. The van der Waals surface area contributed by atoms with Gasteiger partial charge < -0.3 is 0 Å². The zero-order chi connectivity index (χ0) is 20.3. The van der Waals surface area contributed by atoms with E-state index >= 15 is 0 Å². The third kappa shape index (κ3) is 4.37. The standard InChI is InChI=1S/C21H18N2O5/c1-14-10-17(12-15-2-6-19(7-3-15)22(25)26)21(24)18(11-14)13-16-4-8-20(9-5-16)23(27)28/h2-9,12-14H,10-11H2,1H3/b17-12+,18-13?. The highest BCUT2D eigenvalue weighted by atomic mass is 16.6. The van der Waals surface area contributed by atoms with E-state index in [1.54, 1.807) is 36.4 Å². The second-order valence-corrected chi connectivity index (χ2v) is 6.88. The van der Waals surface area contributed by atoms with Gasteiger partial charge in [0.25, 0.3) is 11.4 Å².